The normalized spacial score (nSPS) is 13.2. The van der Waals surface area contributed by atoms with Crippen LogP contribution in [0.15, 0.2) is 65.1 Å². The number of para-hydroxylation sites is 1. The fraction of sp³-hybridized carbons (Fsp3) is 0.217. The SMILES string of the molecule is COc1cccc(-c2nnc(SCc3nc(C(=O)NC4CC4)cs3)n2-c2ccccc2)c1. The third-order valence-corrected chi connectivity index (χ3v) is 6.97. The molecule has 0 bridgehead atoms. The maximum absolute atomic E-state index is 12.2. The van der Waals surface area contributed by atoms with E-state index in [1.165, 1.54) is 11.3 Å². The van der Waals surface area contributed by atoms with Crippen molar-refractivity contribution in [1.82, 2.24) is 25.1 Å². The van der Waals surface area contributed by atoms with Gasteiger partial charge in [0.1, 0.15) is 16.5 Å². The zero-order valence-electron chi connectivity index (χ0n) is 17.4. The minimum absolute atomic E-state index is 0.0900. The van der Waals surface area contributed by atoms with Crippen LogP contribution in [0.2, 0.25) is 0 Å². The quantitative estimate of drug-likeness (QED) is 0.385. The number of nitrogens with one attached hydrogen (secondary N) is 1. The van der Waals surface area contributed by atoms with Crippen molar-refractivity contribution in [3.05, 3.63) is 70.7 Å². The molecule has 0 aliphatic heterocycles. The molecule has 0 spiro atoms. The summed E-state index contributed by atoms with van der Waals surface area (Å²) in [5.74, 6) is 2.01. The highest BCUT2D eigenvalue weighted by atomic mass is 32.2. The smallest absolute Gasteiger partial charge is 0.270 e. The number of carbonyl (C=O) groups is 1. The van der Waals surface area contributed by atoms with Crippen LogP contribution < -0.4 is 10.1 Å². The Morgan fingerprint density at radius 1 is 1.19 bits per heavy atom. The Labute approximate surface area is 193 Å². The van der Waals surface area contributed by atoms with E-state index in [2.05, 4.69) is 20.5 Å². The summed E-state index contributed by atoms with van der Waals surface area (Å²) in [5, 5.41) is 15.4. The summed E-state index contributed by atoms with van der Waals surface area (Å²) in [7, 11) is 1.65. The summed E-state index contributed by atoms with van der Waals surface area (Å²) in [4.78, 5) is 16.7. The van der Waals surface area contributed by atoms with Crippen LogP contribution in [-0.4, -0.2) is 38.8 Å². The standard InChI is InChI=1S/C23H21N5O2S2/c1-30-18-9-5-6-15(12-18)21-26-27-23(28(21)17-7-3-2-4-8-17)32-14-20-25-19(13-31-20)22(29)24-16-10-11-16/h2-9,12-13,16H,10-11,14H2,1H3,(H,24,29). The van der Waals surface area contributed by atoms with Gasteiger partial charge in [0.2, 0.25) is 0 Å². The number of aromatic nitrogens is 4. The number of hydrogen-bond acceptors (Lipinski definition) is 7. The van der Waals surface area contributed by atoms with E-state index >= 15 is 0 Å². The van der Waals surface area contributed by atoms with E-state index in [0.717, 1.165) is 45.8 Å². The molecule has 32 heavy (non-hydrogen) atoms. The Morgan fingerprint density at radius 2 is 2.03 bits per heavy atom. The number of hydrogen-bond donors (Lipinski definition) is 1. The summed E-state index contributed by atoms with van der Waals surface area (Å²) >= 11 is 3.03. The lowest BCUT2D eigenvalue weighted by Gasteiger charge is -2.10. The van der Waals surface area contributed by atoms with Gasteiger partial charge in [-0.2, -0.15) is 0 Å². The molecule has 0 radical (unpaired) electrons. The van der Waals surface area contributed by atoms with Gasteiger partial charge in [0.05, 0.1) is 12.9 Å². The molecule has 1 saturated carbocycles. The molecule has 1 fully saturated rings. The Balaban J connectivity index is 1.41. The summed E-state index contributed by atoms with van der Waals surface area (Å²) in [6.45, 7) is 0. The molecule has 1 aliphatic rings. The lowest BCUT2D eigenvalue weighted by molar-refractivity contribution is 0.0946. The average Bonchev–Trinajstić information content (AvgIpc) is 3.35. The van der Waals surface area contributed by atoms with Crippen molar-refractivity contribution in [2.45, 2.75) is 29.8 Å². The number of benzene rings is 2. The molecule has 9 heteroatoms. The largest absolute Gasteiger partial charge is 0.497 e. The average molecular weight is 464 g/mol. The molecule has 2 heterocycles. The van der Waals surface area contributed by atoms with Crippen molar-refractivity contribution < 1.29 is 9.53 Å². The topological polar surface area (TPSA) is 81.9 Å². The highest BCUT2D eigenvalue weighted by Gasteiger charge is 2.25. The molecule has 2 aromatic carbocycles. The van der Waals surface area contributed by atoms with Gasteiger partial charge < -0.3 is 10.1 Å². The van der Waals surface area contributed by atoms with E-state index in [4.69, 9.17) is 4.74 Å². The Bertz CT molecular complexity index is 1230. The van der Waals surface area contributed by atoms with Gasteiger partial charge in [-0.05, 0) is 37.1 Å². The van der Waals surface area contributed by atoms with E-state index in [0.29, 0.717) is 17.5 Å². The van der Waals surface area contributed by atoms with E-state index < -0.39 is 0 Å². The lowest BCUT2D eigenvalue weighted by atomic mass is 10.2. The molecule has 1 aliphatic carbocycles. The predicted octanol–water partition coefficient (Wildman–Crippen LogP) is 4.58. The van der Waals surface area contributed by atoms with Gasteiger partial charge >= 0.3 is 0 Å². The number of thiazole rings is 1. The molecule has 0 saturated heterocycles. The number of rotatable bonds is 8. The maximum atomic E-state index is 12.2. The molecule has 0 atom stereocenters. The van der Waals surface area contributed by atoms with Crippen molar-refractivity contribution in [2.75, 3.05) is 7.11 Å². The van der Waals surface area contributed by atoms with Gasteiger partial charge in [0.15, 0.2) is 11.0 Å². The van der Waals surface area contributed by atoms with Crippen molar-refractivity contribution in [3.8, 4) is 22.8 Å². The third-order valence-electron chi connectivity index (χ3n) is 5.00. The number of thioether (sulfide) groups is 1. The summed E-state index contributed by atoms with van der Waals surface area (Å²) in [5.41, 5.74) is 2.38. The Kier molecular flexibility index (Phi) is 5.91. The fourth-order valence-electron chi connectivity index (χ4n) is 3.22. The van der Waals surface area contributed by atoms with Gasteiger partial charge in [0.25, 0.3) is 5.91 Å². The van der Waals surface area contributed by atoms with Crippen LogP contribution in [0.3, 0.4) is 0 Å². The lowest BCUT2D eigenvalue weighted by Crippen LogP contribution is -2.25. The molecule has 4 aromatic rings. The Morgan fingerprint density at radius 3 is 2.81 bits per heavy atom. The predicted molar refractivity (Wildman–Crippen MR) is 126 cm³/mol. The second-order valence-electron chi connectivity index (χ2n) is 7.37. The monoisotopic (exact) mass is 463 g/mol. The first-order chi connectivity index (χ1) is 15.7. The molecule has 1 amide bonds. The first-order valence-electron chi connectivity index (χ1n) is 10.2. The van der Waals surface area contributed by atoms with E-state index in [1.807, 2.05) is 64.5 Å². The first kappa shape index (κ1) is 20.7. The molecule has 5 rings (SSSR count). The summed E-state index contributed by atoms with van der Waals surface area (Å²) in [6, 6.07) is 18.1. The van der Waals surface area contributed by atoms with Crippen LogP contribution in [0.25, 0.3) is 17.1 Å². The minimum Gasteiger partial charge on any atom is -0.497 e. The zero-order chi connectivity index (χ0) is 21.9. The van der Waals surface area contributed by atoms with Gasteiger partial charge in [-0.1, -0.05) is 42.1 Å². The molecular weight excluding hydrogens is 442 g/mol. The van der Waals surface area contributed by atoms with E-state index in [9.17, 15) is 4.79 Å². The van der Waals surface area contributed by atoms with Crippen LogP contribution >= 0.6 is 23.1 Å². The van der Waals surface area contributed by atoms with Crippen molar-refractivity contribution >= 4 is 29.0 Å². The second kappa shape index (κ2) is 9.13. The summed E-state index contributed by atoms with van der Waals surface area (Å²) in [6.07, 6.45) is 2.12. The van der Waals surface area contributed by atoms with Crippen molar-refractivity contribution in [1.29, 1.82) is 0 Å². The van der Waals surface area contributed by atoms with Gasteiger partial charge in [-0.15, -0.1) is 21.5 Å². The van der Waals surface area contributed by atoms with Gasteiger partial charge in [-0.25, -0.2) is 4.98 Å². The molecule has 2 aromatic heterocycles. The molecule has 1 N–H and O–H groups in total. The number of carbonyl (C=O) groups excluding carboxylic acids is 1. The molecule has 162 valence electrons. The summed E-state index contributed by atoms with van der Waals surface area (Å²) < 4.78 is 7.42. The molecule has 0 unspecified atom stereocenters. The Hall–Kier alpha value is -3.17. The van der Waals surface area contributed by atoms with Crippen LogP contribution in [0.1, 0.15) is 28.3 Å². The number of ether oxygens (including phenoxy) is 1. The van der Waals surface area contributed by atoms with Crippen LogP contribution in [0.4, 0.5) is 0 Å². The van der Waals surface area contributed by atoms with Gasteiger partial charge in [-0.3, -0.25) is 9.36 Å². The maximum Gasteiger partial charge on any atom is 0.270 e. The number of amides is 1. The highest BCUT2D eigenvalue weighted by molar-refractivity contribution is 7.98. The minimum atomic E-state index is -0.0900. The second-order valence-corrected chi connectivity index (χ2v) is 9.26. The third kappa shape index (κ3) is 4.53. The van der Waals surface area contributed by atoms with Crippen molar-refractivity contribution in [2.24, 2.45) is 0 Å². The number of methoxy groups -OCH3 is 1. The zero-order valence-corrected chi connectivity index (χ0v) is 19.0. The van der Waals surface area contributed by atoms with Crippen molar-refractivity contribution in [3.63, 3.8) is 0 Å². The fourth-order valence-corrected chi connectivity index (χ4v) is 4.96. The molecular formula is C23H21N5O2S2. The first-order valence-corrected chi connectivity index (χ1v) is 12.1. The van der Waals surface area contributed by atoms with Crippen LogP contribution in [0.5, 0.6) is 5.75 Å². The van der Waals surface area contributed by atoms with Crippen LogP contribution in [0, 0.1) is 0 Å². The van der Waals surface area contributed by atoms with E-state index in [1.54, 1.807) is 18.9 Å². The highest BCUT2D eigenvalue weighted by Crippen LogP contribution is 2.31. The van der Waals surface area contributed by atoms with Crippen LogP contribution in [-0.2, 0) is 5.75 Å². The van der Waals surface area contributed by atoms with E-state index in [-0.39, 0.29) is 5.91 Å². The number of nitrogens with zero attached hydrogens (tertiary/aromatic N) is 4. The van der Waals surface area contributed by atoms with Gasteiger partial charge in [0, 0.05) is 22.7 Å². The molecule has 7 nitrogen and oxygen atoms in total.